The summed E-state index contributed by atoms with van der Waals surface area (Å²) < 4.78 is 19.0. The van der Waals surface area contributed by atoms with E-state index in [0.717, 1.165) is 28.3 Å². The smallest absolute Gasteiger partial charge is 0.123 e. The van der Waals surface area contributed by atoms with Crippen LogP contribution >= 0.6 is 11.6 Å². The second kappa shape index (κ2) is 6.04. The molecule has 0 aliphatic carbocycles. The Kier molecular flexibility index (Phi) is 4.13. The Morgan fingerprint density at radius 3 is 3.00 bits per heavy atom. The maximum atomic E-state index is 13.2. The predicted octanol–water partition coefficient (Wildman–Crippen LogP) is 4.13. The SMILES string of the molecule is C[C@H](NCC1Cc2cc(F)ccc2O1)c1cccc(Cl)c1. The van der Waals surface area contributed by atoms with Crippen LogP contribution in [0, 0.1) is 5.82 Å². The largest absolute Gasteiger partial charge is 0.488 e. The Morgan fingerprint density at radius 1 is 1.33 bits per heavy atom. The molecule has 2 atom stereocenters. The summed E-state index contributed by atoms with van der Waals surface area (Å²) in [5, 5.41) is 4.18. The molecule has 0 fully saturated rings. The number of hydrogen-bond acceptors (Lipinski definition) is 2. The van der Waals surface area contributed by atoms with Gasteiger partial charge in [-0.3, -0.25) is 0 Å². The van der Waals surface area contributed by atoms with Gasteiger partial charge in [-0.05, 0) is 42.8 Å². The average Bonchev–Trinajstić information content (AvgIpc) is 2.86. The highest BCUT2D eigenvalue weighted by Crippen LogP contribution is 2.29. The van der Waals surface area contributed by atoms with Crippen LogP contribution in [0.1, 0.15) is 24.1 Å². The van der Waals surface area contributed by atoms with Crippen LogP contribution in [0.2, 0.25) is 5.02 Å². The number of halogens is 2. The van der Waals surface area contributed by atoms with Gasteiger partial charge in [0, 0.05) is 29.6 Å². The molecular formula is C17H17ClFNO. The van der Waals surface area contributed by atoms with Crippen LogP contribution in [0.25, 0.3) is 0 Å². The number of hydrogen-bond donors (Lipinski definition) is 1. The molecule has 0 saturated carbocycles. The number of nitrogens with one attached hydrogen (secondary N) is 1. The van der Waals surface area contributed by atoms with Gasteiger partial charge in [-0.2, -0.15) is 0 Å². The Labute approximate surface area is 128 Å². The van der Waals surface area contributed by atoms with E-state index in [-0.39, 0.29) is 18.0 Å². The summed E-state index contributed by atoms with van der Waals surface area (Å²) in [6.45, 7) is 2.80. The molecule has 0 bridgehead atoms. The first kappa shape index (κ1) is 14.4. The van der Waals surface area contributed by atoms with Gasteiger partial charge in [0.15, 0.2) is 0 Å². The van der Waals surface area contributed by atoms with E-state index < -0.39 is 0 Å². The van der Waals surface area contributed by atoms with E-state index in [1.54, 1.807) is 12.1 Å². The topological polar surface area (TPSA) is 21.3 Å². The van der Waals surface area contributed by atoms with Gasteiger partial charge >= 0.3 is 0 Å². The molecule has 1 aliphatic rings. The third kappa shape index (κ3) is 3.36. The Balaban J connectivity index is 1.57. The quantitative estimate of drug-likeness (QED) is 0.917. The summed E-state index contributed by atoms with van der Waals surface area (Å²) in [4.78, 5) is 0. The molecule has 1 aliphatic heterocycles. The predicted molar refractivity (Wildman–Crippen MR) is 82.4 cm³/mol. The lowest BCUT2D eigenvalue weighted by molar-refractivity contribution is 0.222. The van der Waals surface area contributed by atoms with Crippen molar-refractivity contribution in [1.82, 2.24) is 5.32 Å². The molecule has 2 nitrogen and oxygen atoms in total. The molecule has 1 unspecified atom stereocenters. The molecule has 2 aromatic carbocycles. The molecule has 0 aromatic heterocycles. The van der Waals surface area contributed by atoms with Crippen LogP contribution in [-0.2, 0) is 6.42 Å². The lowest BCUT2D eigenvalue weighted by atomic mass is 10.1. The molecule has 2 aromatic rings. The van der Waals surface area contributed by atoms with E-state index in [4.69, 9.17) is 16.3 Å². The highest BCUT2D eigenvalue weighted by Gasteiger charge is 2.23. The first-order chi connectivity index (χ1) is 10.1. The van der Waals surface area contributed by atoms with E-state index in [0.29, 0.717) is 6.54 Å². The van der Waals surface area contributed by atoms with E-state index in [2.05, 4.69) is 12.2 Å². The van der Waals surface area contributed by atoms with Crippen LogP contribution in [0.15, 0.2) is 42.5 Å². The molecule has 1 heterocycles. The van der Waals surface area contributed by atoms with Crippen molar-refractivity contribution in [2.24, 2.45) is 0 Å². The van der Waals surface area contributed by atoms with Gasteiger partial charge < -0.3 is 10.1 Å². The number of ether oxygens (including phenoxy) is 1. The molecule has 1 N–H and O–H groups in total. The third-order valence-corrected chi connectivity index (χ3v) is 4.00. The molecule has 0 amide bonds. The number of benzene rings is 2. The second-order valence-electron chi connectivity index (χ2n) is 5.38. The van der Waals surface area contributed by atoms with Crippen molar-refractivity contribution >= 4 is 11.6 Å². The zero-order chi connectivity index (χ0) is 14.8. The fourth-order valence-corrected chi connectivity index (χ4v) is 2.80. The summed E-state index contributed by atoms with van der Waals surface area (Å²) in [5.41, 5.74) is 2.08. The number of rotatable bonds is 4. The maximum absolute atomic E-state index is 13.2. The average molecular weight is 306 g/mol. The van der Waals surface area contributed by atoms with Gasteiger partial charge in [0.25, 0.3) is 0 Å². The lowest BCUT2D eigenvalue weighted by Gasteiger charge is -2.18. The second-order valence-corrected chi connectivity index (χ2v) is 5.82. The Hall–Kier alpha value is -1.58. The van der Waals surface area contributed by atoms with Crippen LogP contribution in [0.4, 0.5) is 4.39 Å². The summed E-state index contributed by atoms with van der Waals surface area (Å²) in [7, 11) is 0. The minimum atomic E-state index is -0.210. The van der Waals surface area contributed by atoms with Crippen molar-refractivity contribution < 1.29 is 9.13 Å². The molecule has 0 saturated heterocycles. The molecule has 0 spiro atoms. The van der Waals surface area contributed by atoms with E-state index in [9.17, 15) is 4.39 Å². The highest BCUT2D eigenvalue weighted by molar-refractivity contribution is 6.30. The van der Waals surface area contributed by atoms with Crippen LogP contribution in [0.3, 0.4) is 0 Å². The minimum absolute atomic E-state index is 0.0448. The first-order valence-corrected chi connectivity index (χ1v) is 7.43. The van der Waals surface area contributed by atoms with Crippen molar-refractivity contribution in [2.45, 2.75) is 25.5 Å². The van der Waals surface area contributed by atoms with Crippen LogP contribution < -0.4 is 10.1 Å². The van der Waals surface area contributed by atoms with Gasteiger partial charge in [-0.25, -0.2) is 4.39 Å². The third-order valence-electron chi connectivity index (χ3n) is 3.76. The Morgan fingerprint density at radius 2 is 2.19 bits per heavy atom. The van der Waals surface area contributed by atoms with E-state index in [1.165, 1.54) is 6.07 Å². The van der Waals surface area contributed by atoms with Gasteiger partial charge in [0.05, 0.1) is 0 Å². The monoisotopic (exact) mass is 305 g/mol. The van der Waals surface area contributed by atoms with Crippen molar-refractivity contribution in [1.29, 1.82) is 0 Å². The fourth-order valence-electron chi connectivity index (χ4n) is 2.60. The van der Waals surface area contributed by atoms with Gasteiger partial charge in [0.1, 0.15) is 17.7 Å². The standard InChI is InChI=1S/C17H17ClFNO/c1-11(12-3-2-4-14(18)7-12)20-10-16-9-13-8-15(19)5-6-17(13)21-16/h2-8,11,16,20H,9-10H2,1H3/t11-,16?/m0/s1. The summed E-state index contributed by atoms with van der Waals surface area (Å²) >= 11 is 6.00. The summed E-state index contributed by atoms with van der Waals surface area (Å²) in [6.07, 6.45) is 0.783. The zero-order valence-electron chi connectivity index (χ0n) is 11.8. The lowest BCUT2D eigenvalue weighted by Crippen LogP contribution is -2.31. The fraction of sp³-hybridized carbons (Fsp3) is 0.294. The van der Waals surface area contributed by atoms with Gasteiger partial charge in [-0.15, -0.1) is 0 Å². The van der Waals surface area contributed by atoms with Crippen molar-refractivity contribution in [3.05, 3.63) is 64.4 Å². The highest BCUT2D eigenvalue weighted by atomic mass is 35.5. The van der Waals surface area contributed by atoms with Gasteiger partial charge in [0.2, 0.25) is 0 Å². The molecule has 4 heteroatoms. The Bertz CT molecular complexity index is 646. The number of fused-ring (bicyclic) bond motifs is 1. The van der Waals surface area contributed by atoms with Gasteiger partial charge in [-0.1, -0.05) is 23.7 Å². The first-order valence-electron chi connectivity index (χ1n) is 7.06. The normalized spacial score (nSPS) is 18.1. The molecule has 21 heavy (non-hydrogen) atoms. The molecule has 0 radical (unpaired) electrons. The molecular weight excluding hydrogens is 289 g/mol. The van der Waals surface area contributed by atoms with Crippen molar-refractivity contribution in [3.63, 3.8) is 0 Å². The molecule has 3 rings (SSSR count). The maximum Gasteiger partial charge on any atom is 0.123 e. The van der Waals surface area contributed by atoms with Crippen LogP contribution in [0.5, 0.6) is 5.75 Å². The van der Waals surface area contributed by atoms with E-state index in [1.807, 2.05) is 24.3 Å². The molecule has 110 valence electrons. The minimum Gasteiger partial charge on any atom is -0.488 e. The summed E-state index contributed by atoms with van der Waals surface area (Å²) in [6, 6.07) is 12.7. The zero-order valence-corrected chi connectivity index (χ0v) is 12.5. The van der Waals surface area contributed by atoms with Crippen molar-refractivity contribution in [3.8, 4) is 5.75 Å². The van der Waals surface area contributed by atoms with Crippen LogP contribution in [-0.4, -0.2) is 12.6 Å². The van der Waals surface area contributed by atoms with E-state index >= 15 is 0 Å². The van der Waals surface area contributed by atoms with Crippen molar-refractivity contribution in [2.75, 3.05) is 6.54 Å². The summed E-state index contributed by atoms with van der Waals surface area (Å²) in [5.74, 6) is 0.580.